The van der Waals surface area contributed by atoms with Gasteiger partial charge in [-0.1, -0.05) is 103 Å². The van der Waals surface area contributed by atoms with E-state index in [1.54, 1.807) is 10.9 Å². The molecule has 7 aromatic rings. The highest BCUT2D eigenvalue weighted by atomic mass is 16.5. The number of para-hydroxylation sites is 2. The van der Waals surface area contributed by atoms with Gasteiger partial charge in [0.2, 0.25) is 0 Å². The van der Waals surface area contributed by atoms with Gasteiger partial charge < -0.3 is 28.6 Å². The van der Waals surface area contributed by atoms with E-state index in [0.717, 1.165) is 72.5 Å². The third-order valence-electron chi connectivity index (χ3n) is 11.5. The molecule has 10 nitrogen and oxygen atoms in total. The number of nitrogens with zero attached hydrogens (tertiary/aromatic N) is 3. The highest BCUT2D eigenvalue weighted by Gasteiger charge is 2.24. The van der Waals surface area contributed by atoms with Crippen LogP contribution < -0.4 is 14.2 Å². The van der Waals surface area contributed by atoms with Crippen molar-refractivity contribution in [3.63, 3.8) is 0 Å². The van der Waals surface area contributed by atoms with Crippen LogP contribution in [0.15, 0.2) is 158 Å². The standard InChI is InChI=1S/C29H29N3O4.C24H22O3/c1-32-19-30-31-29(32)27(17-28(33)34)21-9-12-24(13-10-21)35-18-20-7-8-23-16-26(14-11-22(23)15-20)36-25-5-3-2-4-6-25;25-24(26-17-18-7-3-1-4-8-18)21-12-11-20-16-23(14-13-19(20)15-21)27-22-9-5-2-6-10-22/h2-10,12-13,15,19,26-27H,11,14,16-18H2,1H3,(H,33,34);1-12,15,23H,13-14,16-17H2/t26?,27-;/m0./s1. The van der Waals surface area contributed by atoms with E-state index in [1.165, 1.54) is 22.3 Å². The molecule has 2 unspecified atom stereocenters. The number of ether oxygens (including phenoxy) is 4. The molecule has 10 heteroatoms. The molecule has 2 aliphatic carbocycles. The summed E-state index contributed by atoms with van der Waals surface area (Å²) in [6.45, 7) is 0.766. The van der Waals surface area contributed by atoms with E-state index in [9.17, 15) is 14.7 Å². The Bertz CT molecular complexity index is 2580. The van der Waals surface area contributed by atoms with Crippen molar-refractivity contribution < 1.29 is 33.6 Å². The highest BCUT2D eigenvalue weighted by molar-refractivity contribution is 5.89. The highest BCUT2D eigenvalue weighted by Crippen LogP contribution is 2.30. The summed E-state index contributed by atoms with van der Waals surface area (Å²) in [5, 5.41) is 17.4. The van der Waals surface area contributed by atoms with Gasteiger partial charge in [-0.3, -0.25) is 4.79 Å². The first kappa shape index (κ1) is 42.5. The summed E-state index contributed by atoms with van der Waals surface area (Å²) in [6, 6.07) is 49.6. The SMILES string of the molecule is Cn1cnnc1[C@@H](CC(=O)O)c1ccc(OCc2ccc3c(c2)CCC(Oc2ccccc2)C3)cc1.O=C(OCc1ccccc1)c1ccc2c(c1)CCC(Oc1ccccc1)C2. The fourth-order valence-electron chi connectivity index (χ4n) is 8.21. The van der Waals surface area contributed by atoms with Crippen LogP contribution in [0.25, 0.3) is 0 Å². The first-order chi connectivity index (χ1) is 30.8. The number of aliphatic carboxylic acids is 1. The number of rotatable bonds is 14. The zero-order valence-electron chi connectivity index (χ0n) is 35.3. The van der Waals surface area contributed by atoms with Crippen molar-refractivity contribution in [2.45, 2.75) is 76.3 Å². The molecule has 0 bridgehead atoms. The molecule has 0 fully saturated rings. The Labute approximate surface area is 368 Å². The third kappa shape index (κ3) is 11.6. The molecule has 1 N–H and O–H groups in total. The predicted molar refractivity (Wildman–Crippen MR) is 240 cm³/mol. The number of fused-ring (bicyclic) bond motifs is 2. The van der Waals surface area contributed by atoms with Gasteiger partial charge in [0.1, 0.15) is 54.8 Å². The molecule has 63 heavy (non-hydrogen) atoms. The summed E-state index contributed by atoms with van der Waals surface area (Å²) in [4.78, 5) is 23.8. The molecule has 0 saturated heterocycles. The van der Waals surface area contributed by atoms with Crippen LogP contribution in [0.3, 0.4) is 0 Å². The van der Waals surface area contributed by atoms with Crippen LogP contribution in [-0.2, 0) is 55.5 Å². The normalized spacial score (nSPS) is 15.6. The average Bonchev–Trinajstić information content (AvgIpc) is 3.75. The Kier molecular flexibility index (Phi) is 13.9. The van der Waals surface area contributed by atoms with Crippen LogP contribution >= 0.6 is 0 Å². The lowest BCUT2D eigenvalue weighted by Gasteiger charge is -2.26. The van der Waals surface area contributed by atoms with Gasteiger partial charge in [0.25, 0.3) is 0 Å². The lowest BCUT2D eigenvalue weighted by atomic mass is 9.88. The minimum atomic E-state index is -0.881. The van der Waals surface area contributed by atoms with E-state index in [1.807, 2.05) is 141 Å². The summed E-state index contributed by atoms with van der Waals surface area (Å²) in [6.07, 6.45) is 7.52. The second-order valence-corrected chi connectivity index (χ2v) is 16.0. The zero-order chi connectivity index (χ0) is 43.4. The molecular formula is C53H51N3O7. The van der Waals surface area contributed by atoms with Crippen LogP contribution in [0.4, 0.5) is 0 Å². The molecule has 6 aromatic carbocycles. The van der Waals surface area contributed by atoms with Gasteiger partial charge in [0.05, 0.1) is 17.9 Å². The first-order valence-electron chi connectivity index (χ1n) is 21.5. The quantitative estimate of drug-likeness (QED) is 0.107. The summed E-state index contributed by atoms with van der Waals surface area (Å²) >= 11 is 0. The second kappa shape index (κ2) is 20.6. The fourth-order valence-corrected chi connectivity index (χ4v) is 8.21. The number of carboxylic acids is 1. The maximum Gasteiger partial charge on any atom is 0.338 e. The van der Waals surface area contributed by atoms with Crippen molar-refractivity contribution in [1.82, 2.24) is 14.8 Å². The van der Waals surface area contributed by atoms with E-state index >= 15 is 0 Å². The minimum Gasteiger partial charge on any atom is -0.490 e. The Morgan fingerprint density at radius 1 is 0.651 bits per heavy atom. The fraction of sp³-hybridized carbons (Fsp3) is 0.245. The van der Waals surface area contributed by atoms with Crippen LogP contribution in [0, 0.1) is 0 Å². The first-order valence-corrected chi connectivity index (χ1v) is 21.5. The van der Waals surface area contributed by atoms with Crippen molar-refractivity contribution in [2.75, 3.05) is 0 Å². The van der Waals surface area contributed by atoms with Crippen molar-refractivity contribution in [3.05, 3.63) is 208 Å². The predicted octanol–water partition coefficient (Wildman–Crippen LogP) is 9.92. The molecule has 0 saturated carbocycles. The minimum absolute atomic E-state index is 0.0564. The van der Waals surface area contributed by atoms with Crippen molar-refractivity contribution in [1.29, 1.82) is 0 Å². The van der Waals surface area contributed by atoms with Crippen LogP contribution in [0.1, 0.15) is 80.3 Å². The Morgan fingerprint density at radius 2 is 1.24 bits per heavy atom. The van der Waals surface area contributed by atoms with E-state index in [-0.39, 0.29) is 30.5 Å². The molecule has 9 rings (SSSR count). The lowest BCUT2D eigenvalue weighted by molar-refractivity contribution is -0.137. The van der Waals surface area contributed by atoms with Gasteiger partial charge in [0, 0.05) is 19.9 Å². The summed E-state index contributed by atoms with van der Waals surface area (Å²) in [7, 11) is 1.82. The Hall–Kier alpha value is -7.20. The number of aromatic nitrogens is 3. The molecule has 2 aliphatic rings. The number of carbonyl (C=O) groups excluding carboxylic acids is 1. The van der Waals surface area contributed by atoms with E-state index < -0.39 is 5.97 Å². The van der Waals surface area contributed by atoms with E-state index in [4.69, 9.17) is 18.9 Å². The second-order valence-electron chi connectivity index (χ2n) is 16.0. The van der Waals surface area contributed by atoms with Crippen molar-refractivity contribution >= 4 is 11.9 Å². The maximum atomic E-state index is 12.4. The van der Waals surface area contributed by atoms with Crippen LogP contribution in [0.5, 0.6) is 17.2 Å². The summed E-state index contributed by atoms with van der Waals surface area (Å²) < 4.78 is 25.5. The van der Waals surface area contributed by atoms with Gasteiger partial charge >= 0.3 is 11.9 Å². The van der Waals surface area contributed by atoms with E-state index in [2.05, 4.69) is 28.4 Å². The monoisotopic (exact) mass is 841 g/mol. The number of benzene rings is 6. The van der Waals surface area contributed by atoms with Gasteiger partial charge in [-0.2, -0.15) is 0 Å². The number of hydrogen-bond acceptors (Lipinski definition) is 8. The van der Waals surface area contributed by atoms with Crippen LogP contribution in [-0.4, -0.2) is 44.0 Å². The maximum absolute atomic E-state index is 12.4. The van der Waals surface area contributed by atoms with Gasteiger partial charge in [-0.25, -0.2) is 4.79 Å². The Balaban J connectivity index is 0.000000180. The molecule has 320 valence electrons. The molecule has 0 amide bonds. The number of esters is 1. The van der Waals surface area contributed by atoms with Gasteiger partial charge in [0.15, 0.2) is 0 Å². The summed E-state index contributed by atoms with van der Waals surface area (Å²) in [5.41, 5.74) is 8.77. The average molecular weight is 842 g/mol. The van der Waals surface area contributed by atoms with Crippen LogP contribution in [0.2, 0.25) is 0 Å². The number of aryl methyl sites for hydroxylation is 3. The van der Waals surface area contributed by atoms with Crippen molar-refractivity contribution in [2.24, 2.45) is 7.05 Å². The topological polar surface area (TPSA) is 122 Å². The van der Waals surface area contributed by atoms with Crippen molar-refractivity contribution in [3.8, 4) is 17.2 Å². The van der Waals surface area contributed by atoms with Gasteiger partial charge in [-0.05, 0) is 113 Å². The largest absolute Gasteiger partial charge is 0.490 e. The zero-order valence-corrected chi connectivity index (χ0v) is 35.3. The smallest absolute Gasteiger partial charge is 0.338 e. The molecule has 1 heterocycles. The third-order valence-corrected chi connectivity index (χ3v) is 11.5. The summed E-state index contributed by atoms with van der Waals surface area (Å²) in [5.74, 6) is 1.66. The molecule has 0 radical (unpaired) electrons. The van der Waals surface area contributed by atoms with Gasteiger partial charge in [-0.15, -0.1) is 10.2 Å². The number of carbonyl (C=O) groups is 2. The number of carboxylic acid groups (broad SMARTS) is 1. The molecular weight excluding hydrogens is 791 g/mol. The molecule has 3 atom stereocenters. The molecule has 0 aliphatic heterocycles. The van der Waals surface area contributed by atoms with E-state index in [0.29, 0.717) is 24.6 Å². The number of hydrogen-bond donors (Lipinski definition) is 1. The molecule has 0 spiro atoms. The Morgan fingerprint density at radius 3 is 1.83 bits per heavy atom. The molecule has 1 aromatic heterocycles. The lowest BCUT2D eigenvalue weighted by Crippen LogP contribution is -2.25.